The van der Waals surface area contributed by atoms with Gasteiger partial charge in [-0.25, -0.2) is 4.98 Å². The molecule has 2 rings (SSSR count). The van der Waals surface area contributed by atoms with E-state index in [1.807, 2.05) is 24.3 Å². The summed E-state index contributed by atoms with van der Waals surface area (Å²) in [6.45, 7) is 2.01. The Morgan fingerprint density at radius 1 is 1.30 bits per heavy atom. The zero-order valence-electron chi connectivity index (χ0n) is 12.7. The number of methoxy groups -OCH3 is 1. The fraction of sp³-hybridized carbons (Fsp3) is 0.250. The van der Waals surface area contributed by atoms with Crippen LogP contribution in [0.4, 0.5) is 0 Å². The molecule has 23 heavy (non-hydrogen) atoms. The first-order valence-electron chi connectivity index (χ1n) is 6.88. The van der Waals surface area contributed by atoms with Gasteiger partial charge in [-0.1, -0.05) is 35.3 Å². The molecule has 0 saturated carbocycles. The molecule has 5 nitrogen and oxygen atoms in total. The molecule has 1 unspecified atom stereocenters. The van der Waals surface area contributed by atoms with Crippen molar-refractivity contribution in [1.29, 1.82) is 0 Å². The molecular formula is C16H16Cl2N2O3. The van der Waals surface area contributed by atoms with E-state index in [-0.39, 0.29) is 16.8 Å². The van der Waals surface area contributed by atoms with Crippen molar-refractivity contribution in [3.8, 4) is 11.6 Å². The molecule has 0 fully saturated rings. The third-order valence-electron chi connectivity index (χ3n) is 3.06. The Morgan fingerprint density at radius 2 is 2.00 bits per heavy atom. The van der Waals surface area contributed by atoms with E-state index in [0.717, 1.165) is 11.3 Å². The van der Waals surface area contributed by atoms with Gasteiger partial charge in [-0.2, -0.15) is 0 Å². The summed E-state index contributed by atoms with van der Waals surface area (Å²) < 4.78 is 10.5. The van der Waals surface area contributed by atoms with E-state index >= 15 is 0 Å². The largest absolute Gasteiger partial charge is 0.497 e. The maximum absolute atomic E-state index is 12.1. The zero-order chi connectivity index (χ0) is 16.8. The number of rotatable bonds is 6. The van der Waals surface area contributed by atoms with Gasteiger partial charge >= 0.3 is 0 Å². The van der Waals surface area contributed by atoms with Gasteiger partial charge in [-0.15, -0.1) is 0 Å². The van der Waals surface area contributed by atoms with Gasteiger partial charge in [0.25, 0.3) is 5.91 Å². The molecule has 0 bridgehead atoms. The highest BCUT2D eigenvalue weighted by atomic mass is 35.5. The van der Waals surface area contributed by atoms with Gasteiger partial charge in [0.2, 0.25) is 5.88 Å². The predicted molar refractivity (Wildman–Crippen MR) is 89.2 cm³/mol. The van der Waals surface area contributed by atoms with Crippen molar-refractivity contribution in [2.24, 2.45) is 0 Å². The number of halogens is 2. The minimum atomic E-state index is -0.737. The van der Waals surface area contributed by atoms with Gasteiger partial charge in [0.15, 0.2) is 6.10 Å². The second-order valence-corrected chi connectivity index (χ2v) is 5.61. The highest BCUT2D eigenvalue weighted by molar-refractivity contribution is 6.35. The summed E-state index contributed by atoms with van der Waals surface area (Å²) in [4.78, 5) is 16.0. The second-order valence-electron chi connectivity index (χ2n) is 4.77. The van der Waals surface area contributed by atoms with Crippen LogP contribution in [0.1, 0.15) is 12.5 Å². The lowest BCUT2D eigenvalue weighted by Crippen LogP contribution is -2.36. The van der Waals surface area contributed by atoms with Crippen LogP contribution in [-0.4, -0.2) is 24.1 Å². The lowest BCUT2D eigenvalue weighted by atomic mass is 10.2. The van der Waals surface area contributed by atoms with Gasteiger partial charge in [0, 0.05) is 12.7 Å². The highest BCUT2D eigenvalue weighted by Crippen LogP contribution is 2.25. The number of ether oxygens (including phenoxy) is 2. The van der Waals surface area contributed by atoms with Gasteiger partial charge < -0.3 is 14.8 Å². The Bertz CT molecular complexity index is 678. The molecule has 1 aromatic carbocycles. The lowest BCUT2D eigenvalue weighted by molar-refractivity contribution is -0.127. The normalized spacial score (nSPS) is 11.7. The Hall–Kier alpha value is -1.98. The molecule has 2 aromatic rings. The number of amides is 1. The smallest absolute Gasteiger partial charge is 0.261 e. The molecule has 0 aliphatic carbocycles. The molecule has 0 aliphatic rings. The Morgan fingerprint density at radius 3 is 2.61 bits per heavy atom. The molecule has 0 saturated heterocycles. The third-order valence-corrected chi connectivity index (χ3v) is 3.53. The molecule has 1 aromatic heterocycles. The summed E-state index contributed by atoms with van der Waals surface area (Å²) in [5.74, 6) is 0.664. The van der Waals surface area contributed by atoms with Gasteiger partial charge in [0.1, 0.15) is 10.8 Å². The van der Waals surface area contributed by atoms with E-state index in [4.69, 9.17) is 32.7 Å². The molecule has 1 atom stereocenters. The maximum atomic E-state index is 12.1. The average molecular weight is 355 g/mol. The van der Waals surface area contributed by atoms with E-state index in [2.05, 4.69) is 10.3 Å². The van der Waals surface area contributed by atoms with Crippen LogP contribution in [0, 0.1) is 0 Å². The quantitative estimate of drug-likeness (QED) is 0.862. The number of carbonyl (C=O) groups excluding carboxylic acids is 1. The average Bonchev–Trinajstić information content (AvgIpc) is 2.55. The molecule has 122 valence electrons. The van der Waals surface area contributed by atoms with E-state index in [1.54, 1.807) is 14.0 Å². The first-order valence-corrected chi connectivity index (χ1v) is 7.63. The number of pyridine rings is 1. The molecule has 7 heteroatoms. The first-order chi connectivity index (χ1) is 11.0. The van der Waals surface area contributed by atoms with Crippen LogP contribution in [0.2, 0.25) is 10.0 Å². The topological polar surface area (TPSA) is 60.5 Å². The summed E-state index contributed by atoms with van der Waals surface area (Å²) in [6.07, 6.45) is 0.671. The molecule has 1 N–H and O–H groups in total. The minimum Gasteiger partial charge on any atom is -0.497 e. The Labute approximate surface area is 144 Å². The van der Waals surface area contributed by atoms with E-state index < -0.39 is 6.10 Å². The summed E-state index contributed by atoms with van der Waals surface area (Å²) >= 11 is 11.7. The summed E-state index contributed by atoms with van der Waals surface area (Å²) in [5.41, 5.74) is 0.953. The fourth-order valence-electron chi connectivity index (χ4n) is 1.79. The third kappa shape index (κ3) is 5.01. The standard InChI is InChI=1S/C16H16Cl2N2O3/c1-10(23-16-14(18)7-12(17)9-20-16)15(21)19-8-11-3-5-13(22-2)6-4-11/h3-7,9-10H,8H2,1-2H3,(H,19,21). The van der Waals surface area contributed by atoms with Crippen molar-refractivity contribution < 1.29 is 14.3 Å². The van der Waals surface area contributed by atoms with E-state index in [9.17, 15) is 4.79 Å². The van der Waals surface area contributed by atoms with E-state index in [0.29, 0.717) is 11.6 Å². The number of benzene rings is 1. The van der Waals surface area contributed by atoms with Crippen LogP contribution in [0.25, 0.3) is 0 Å². The predicted octanol–water partition coefficient (Wildman–Crippen LogP) is 3.48. The molecule has 1 heterocycles. The number of hydrogen-bond acceptors (Lipinski definition) is 4. The molecular weight excluding hydrogens is 339 g/mol. The summed E-state index contributed by atoms with van der Waals surface area (Å²) in [5, 5.41) is 3.44. The minimum absolute atomic E-state index is 0.170. The monoisotopic (exact) mass is 354 g/mol. The molecule has 0 radical (unpaired) electrons. The van der Waals surface area contributed by atoms with Crippen molar-refractivity contribution in [2.45, 2.75) is 19.6 Å². The van der Waals surface area contributed by atoms with Crippen molar-refractivity contribution in [1.82, 2.24) is 10.3 Å². The van der Waals surface area contributed by atoms with Crippen LogP contribution in [0.15, 0.2) is 36.5 Å². The van der Waals surface area contributed by atoms with Crippen LogP contribution in [0.3, 0.4) is 0 Å². The molecule has 0 spiro atoms. The van der Waals surface area contributed by atoms with Gasteiger partial charge in [-0.05, 0) is 30.7 Å². The highest BCUT2D eigenvalue weighted by Gasteiger charge is 2.16. The van der Waals surface area contributed by atoms with Crippen LogP contribution in [0.5, 0.6) is 11.6 Å². The van der Waals surface area contributed by atoms with E-state index in [1.165, 1.54) is 12.3 Å². The summed E-state index contributed by atoms with van der Waals surface area (Å²) in [7, 11) is 1.60. The van der Waals surface area contributed by atoms with Gasteiger partial charge in [0.05, 0.1) is 12.1 Å². The van der Waals surface area contributed by atoms with Crippen molar-refractivity contribution in [2.75, 3.05) is 7.11 Å². The van der Waals surface area contributed by atoms with Crippen LogP contribution < -0.4 is 14.8 Å². The van der Waals surface area contributed by atoms with Crippen LogP contribution >= 0.6 is 23.2 Å². The molecule has 1 amide bonds. The fourth-order valence-corrected chi connectivity index (χ4v) is 2.21. The number of aromatic nitrogens is 1. The zero-order valence-corrected chi connectivity index (χ0v) is 14.2. The summed E-state index contributed by atoms with van der Waals surface area (Å²) in [6, 6.07) is 8.93. The van der Waals surface area contributed by atoms with Crippen LogP contribution in [-0.2, 0) is 11.3 Å². The van der Waals surface area contributed by atoms with Crippen molar-refractivity contribution in [3.63, 3.8) is 0 Å². The number of hydrogen-bond donors (Lipinski definition) is 1. The maximum Gasteiger partial charge on any atom is 0.261 e. The first kappa shape index (κ1) is 17.4. The molecule has 0 aliphatic heterocycles. The van der Waals surface area contributed by atoms with Gasteiger partial charge in [-0.3, -0.25) is 4.79 Å². The SMILES string of the molecule is COc1ccc(CNC(=O)C(C)Oc2ncc(Cl)cc2Cl)cc1. The van der Waals surface area contributed by atoms with Crippen molar-refractivity contribution >= 4 is 29.1 Å². The number of carbonyl (C=O) groups is 1. The Balaban J connectivity index is 1.89. The number of nitrogens with one attached hydrogen (secondary N) is 1. The second kappa shape index (κ2) is 8.04. The lowest BCUT2D eigenvalue weighted by Gasteiger charge is -2.15. The Kier molecular flexibility index (Phi) is 6.07. The van der Waals surface area contributed by atoms with Crippen molar-refractivity contribution in [3.05, 3.63) is 52.1 Å². The number of nitrogens with zero attached hydrogens (tertiary/aromatic N) is 1.